The minimum Gasteiger partial charge on any atom is -0.458 e. The number of rotatable bonds is 3. The molecule has 0 aliphatic carbocycles. The number of carbonyl (C=O) groups is 6. The topological polar surface area (TPSA) is 155 Å². The van der Waals surface area contributed by atoms with Gasteiger partial charge in [0.1, 0.15) is 42.9 Å². The normalized spacial score (nSPS) is 31.5. The fourth-order valence-electron chi connectivity index (χ4n) is 6.86. The van der Waals surface area contributed by atoms with Crippen LogP contribution in [-0.4, -0.2) is 106 Å². The second-order valence-electron chi connectivity index (χ2n) is 12.6. The molecule has 4 heterocycles. The molecule has 1 aromatic carbocycles. The molecule has 45 heavy (non-hydrogen) atoms. The van der Waals surface area contributed by atoms with E-state index >= 15 is 0 Å². The SMILES string of the molecule is C[C@@H]1C[C@H]2C(=O)O[C@@H](C)[C@H](NC(=O)OCc3ccccc3)C(=O)N3CCC[C@H]3C(=O)N3CCCC[C@H]3C(=O)N[C@@H](C)C(=O)N2C1. The first kappa shape index (κ1) is 32.2. The van der Waals surface area contributed by atoms with Crippen molar-refractivity contribution in [3.63, 3.8) is 0 Å². The zero-order valence-corrected chi connectivity index (χ0v) is 26.1. The van der Waals surface area contributed by atoms with Crippen molar-refractivity contribution in [3.8, 4) is 0 Å². The van der Waals surface area contributed by atoms with Gasteiger partial charge in [-0.2, -0.15) is 0 Å². The van der Waals surface area contributed by atoms with E-state index in [-0.39, 0.29) is 25.0 Å². The summed E-state index contributed by atoms with van der Waals surface area (Å²) >= 11 is 0. The number of benzene rings is 1. The second-order valence-corrected chi connectivity index (χ2v) is 12.6. The molecule has 4 aliphatic heterocycles. The van der Waals surface area contributed by atoms with Crippen molar-refractivity contribution in [3.05, 3.63) is 35.9 Å². The molecule has 2 N–H and O–H groups in total. The number of hydrogen-bond donors (Lipinski definition) is 2. The molecule has 13 heteroatoms. The summed E-state index contributed by atoms with van der Waals surface area (Å²) in [5.74, 6) is -2.53. The third kappa shape index (κ3) is 7.07. The molecule has 1 aromatic rings. The number of cyclic esters (lactones) is 1. The van der Waals surface area contributed by atoms with Crippen LogP contribution in [-0.2, 0) is 40.1 Å². The van der Waals surface area contributed by atoms with Gasteiger partial charge in [0, 0.05) is 19.6 Å². The molecule has 5 rings (SSSR count). The van der Waals surface area contributed by atoms with E-state index in [1.807, 2.05) is 25.1 Å². The van der Waals surface area contributed by atoms with Gasteiger partial charge >= 0.3 is 12.1 Å². The average Bonchev–Trinajstić information content (AvgIpc) is 3.69. The van der Waals surface area contributed by atoms with Crippen LogP contribution in [0.1, 0.15) is 64.9 Å². The number of esters is 1. The minimum absolute atomic E-state index is 0.00729. The quantitative estimate of drug-likeness (QED) is 0.477. The highest BCUT2D eigenvalue weighted by molar-refractivity contribution is 5.97. The standard InChI is InChI=1S/C32H43N5O8/c1-19-16-25-31(42)45-21(3)26(34-32(43)44-18-22-10-5-4-6-11-22)30(41)36-15-9-13-24(36)29(40)35-14-8-7-12-23(35)27(38)33-20(2)28(39)37(25)17-19/h4-6,10-11,19-21,23-26H,7-9,12-18H2,1-3H3,(H,33,38)(H,34,43)/t19-,20+,21+,23+,24+,25+,26+/m1/s1. The molecule has 0 bridgehead atoms. The van der Waals surface area contributed by atoms with Crippen molar-refractivity contribution < 1.29 is 38.2 Å². The maximum Gasteiger partial charge on any atom is 0.408 e. The number of fused-ring (bicyclic) bond motifs is 3. The Hall–Kier alpha value is -4.16. The molecule has 4 fully saturated rings. The van der Waals surface area contributed by atoms with Gasteiger partial charge in [0.25, 0.3) is 0 Å². The van der Waals surface area contributed by atoms with Crippen LogP contribution in [0.15, 0.2) is 30.3 Å². The van der Waals surface area contributed by atoms with E-state index in [9.17, 15) is 28.8 Å². The van der Waals surface area contributed by atoms with Gasteiger partial charge in [-0.25, -0.2) is 9.59 Å². The first-order valence-electron chi connectivity index (χ1n) is 15.9. The number of alkyl carbamates (subject to hydrolysis) is 1. The van der Waals surface area contributed by atoms with Gasteiger partial charge < -0.3 is 34.8 Å². The van der Waals surface area contributed by atoms with Crippen LogP contribution < -0.4 is 10.6 Å². The van der Waals surface area contributed by atoms with Gasteiger partial charge in [0.2, 0.25) is 23.6 Å². The van der Waals surface area contributed by atoms with Crippen molar-refractivity contribution in [2.45, 2.75) is 102 Å². The summed E-state index contributed by atoms with van der Waals surface area (Å²) in [4.78, 5) is 86.0. The van der Waals surface area contributed by atoms with Crippen LogP contribution in [0.2, 0.25) is 0 Å². The number of carbonyl (C=O) groups excluding carboxylic acids is 6. The van der Waals surface area contributed by atoms with Gasteiger partial charge in [-0.3, -0.25) is 19.2 Å². The van der Waals surface area contributed by atoms with Gasteiger partial charge in [0.15, 0.2) is 0 Å². The predicted octanol–water partition coefficient (Wildman–Crippen LogP) is 1.34. The molecule has 4 aliphatic rings. The third-order valence-corrected chi connectivity index (χ3v) is 9.23. The van der Waals surface area contributed by atoms with E-state index < -0.39 is 66.1 Å². The Morgan fingerprint density at radius 1 is 0.867 bits per heavy atom. The second kappa shape index (κ2) is 13.9. The Balaban J connectivity index is 1.45. The lowest BCUT2D eigenvalue weighted by molar-refractivity contribution is -0.162. The van der Waals surface area contributed by atoms with Crippen LogP contribution >= 0.6 is 0 Å². The Bertz CT molecular complexity index is 1310. The van der Waals surface area contributed by atoms with E-state index in [1.54, 1.807) is 19.1 Å². The van der Waals surface area contributed by atoms with Crippen molar-refractivity contribution >= 4 is 35.7 Å². The first-order chi connectivity index (χ1) is 21.5. The van der Waals surface area contributed by atoms with Crippen LogP contribution in [0.5, 0.6) is 0 Å². The first-order valence-corrected chi connectivity index (χ1v) is 15.9. The molecule has 5 amide bonds. The monoisotopic (exact) mass is 625 g/mol. The van der Waals surface area contributed by atoms with Crippen molar-refractivity contribution in [1.82, 2.24) is 25.3 Å². The molecule has 0 spiro atoms. The van der Waals surface area contributed by atoms with Crippen LogP contribution in [0.25, 0.3) is 0 Å². The maximum atomic E-state index is 14.1. The largest absolute Gasteiger partial charge is 0.458 e. The zero-order chi connectivity index (χ0) is 32.2. The van der Waals surface area contributed by atoms with E-state index in [1.165, 1.54) is 21.6 Å². The lowest BCUT2D eigenvalue weighted by Gasteiger charge is -2.39. The Labute approximate surface area is 262 Å². The summed E-state index contributed by atoms with van der Waals surface area (Å²) in [5.41, 5.74) is 0.746. The summed E-state index contributed by atoms with van der Waals surface area (Å²) in [5, 5.41) is 5.37. The Morgan fingerprint density at radius 3 is 2.31 bits per heavy atom. The summed E-state index contributed by atoms with van der Waals surface area (Å²) in [7, 11) is 0. The molecule has 0 unspecified atom stereocenters. The molecule has 7 atom stereocenters. The highest BCUT2D eigenvalue weighted by Gasteiger charge is 2.47. The van der Waals surface area contributed by atoms with Gasteiger partial charge in [-0.1, -0.05) is 37.3 Å². The Morgan fingerprint density at radius 2 is 1.56 bits per heavy atom. The number of hydrogen-bond acceptors (Lipinski definition) is 8. The predicted molar refractivity (Wildman–Crippen MR) is 160 cm³/mol. The molecule has 244 valence electrons. The lowest BCUT2D eigenvalue weighted by Crippen LogP contribution is -2.62. The molecule has 0 saturated carbocycles. The van der Waals surface area contributed by atoms with Gasteiger partial charge in [0.05, 0.1) is 0 Å². The molecule has 13 nitrogen and oxygen atoms in total. The van der Waals surface area contributed by atoms with Crippen molar-refractivity contribution in [2.24, 2.45) is 5.92 Å². The third-order valence-electron chi connectivity index (χ3n) is 9.23. The molecular formula is C32H43N5O8. The van der Waals surface area contributed by atoms with E-state index in [0.29, 0.717) is 45.2 Å². The highest BCUT2D eigenvalue weighted by atomic mass is 16.6. The van der Waals surface area contributed by atoms with E-state index in [4.69, 9.17) is 9.47 Å². The molecular weight excluding hydrogens is 582 g/mol. The zero-order valence-electron chi connectivity index (χ0n) is 26.1. The summed E-state index contributed by atoms with van der Waals surface area (Å²) < 4.78 is 11.2. The number of nitrogens with one attached hydrogen (secondary N) is 2. The smallest absolute Gasteiger partial charge is 0.408 e. The minimum atomic E-state index is -1.36. The van der Waals surface area contributed by atoms with Crippen LogP contribution in [0, 0.1) is 5.92 Å². The van der Waals surface area contributed by atoms with Crippen LogP contribution in [0.4, 0.5) is 4.79 Å². The number of amides is 5. The van der Waals surface area contributed by atoms with Gasteiger partial charge in [-0.05, 0) is 63.9 Å². The summed E-state index contributed by atoms with van der Waals surface area (Å²) in [6, 6.07) is 4.19. The average molecular weight is 626 g/mol. The number of piperidine rings is 1. The fraction of sp³-hybridized carbons (Fsp3) is 0.625. The summed E-state index contributed by atoms with van der Waals surface area (Å²) in [6.45, 7) is 5.86. The lowest BCUT2D eigenvalue weighted by atomic mass is 9.99. The Kier molecular flexibility index (Phi) is 9.93. The molecule has 0 radical (unpaired) electrons. The molecule has 4 saturated heterocycles. The van der Waals surface area contributed by atoms with Crippen molar-refractivity contribution in [1.29, 1.82) is 0 Å². The number of ether oxygens (including phenoxy) is 2. The fourth-order valence-corrected chi connectivity index (χ4v) is 6.86. The summed E-state index contributed by atoms with van der Waals surface area (Å²) in [6.07, 6.45) is 1.14. The highest BCUT2D eigenvalue weighted by Crippen LogP contribution is 2.28. The number of nitrogens with zero attached hydrogens (tertiary/aromatic N) is 3. The molecule has 0 aromatic heterocycles. The maximum absolute atomic E-state index is 14.1. The van der Waals surface area contributed by atoms with Gasteiger partial charge in [-0.15, -0.1) is 0 Å². The van der Waals surface area contributed by atoms with E-state index in [0.717, 1.165) is 12.0 Å². The van der Waals surface area contributed by atoms with Crippen molar-refractivity contribution in [2.75, 3.05) is 19.6 Å². The van der Waals surface area contributed by atoms with E-state index in [2.05, 4.69) is 10.6 Å². The van der Waals surface area contributed by atoms with Crippen LogP contribution in [0.3, 0.4) is 0 Å².